The normalized spacial score (nSPS) is 25.5. The van der Waals surface area contributed by atoms with Crippen LogP contribution in [0.3, 0.4) is 0 Å². The van der Waals surface area contributed by atoms with Gasteiger partial charge in [-0.3, -0.25) is 14.3 Å². The highest BCUT2D eigenvalue weighted by atomic mass is 19.4. The lowest BCUT2D eigenvalue weighted by molar-refractivity contribution is -0.146. The highest BCUT2D eigenvalue weighted by Gasteiger charge is 2.43. The number of amides is 2. The summed E-state index contributed by atoms with van der Waals surface area (Å²) in [6.45, 7) is 1.66. The summed E-state index contributed by atoms with van der Waals surface area (Å²) < 4.78 is 75.2. The first-order chi connectivity index (χ1) is 18.8. The molecular formula is C26H31F3N4O4. The van der Waals surface area contributed by atoms with E-state index < -0.39 is 49.5 Å². The van der Waals surface area contributed by atoms with E-state index in [2.05, 4.69) is 10.4 Å². The van der Waals surface area contributed by atoms with Gasteiger partial charge in [0, 0.05) is 19.1 Å². The molecular weight excluding hydrogens is 489 g/mol. The molecule has 37 heavy (non-hydrogen) atoms. The quantitative estimate of drug-likeness (QED) is 0.598. The van der Waals surface area contributed by atoms with Gasteiger partial charge >= 0.3 is 6.18 Å². The van der Waals surface area contributed by atoms with Gasteiger partial charge in [-0.05, 0) is 62.3 Å². The predicted octanol–water partition coefficient (Wildman–Crippen LogP) is 3.73. The maximum absolute atomic E-state index is 13.8. The van der Waals surface area contributed by atoms with Crippen molar-refractivity contribution in [3.05, 3.63) is 46.8 Å². The molecule has 11 heteroatoms. The second kappa shape index (κ2) is 10.00. The molecule has 0 bridgehead atoms. The molecule has 2 aromatic rings. The maximum Gasteiger partial charge on any atom is 0.433 e. The third-order valence-corrected chi connectivity index (χ3v) is 7.39. The molecule has 0 radical (unpaired) electrons. The topological polar surface area (TPSA) is 85.7 Å². The standard InChI is InChI=1S/C26H31F3N4O4/c1-15-17(5-3-6-20(15)36-2)24-18(30-25(35)21-7-4-12-37-21)10-11-32(24)23(34)14-33-22(26(27,28)29)13-19(31-33)16-8-9-16/h3,5-6,13,16,18,21,24H,4,7-12,14H2,1-2H3,(H,30,35)/t18-,21-,24-/m1/s1/i2D3. The zero-order chi connectivity index (χ0) is 28.8. The molecule has 2 aliphatic heterocycles. The molecule has 3 heterocycles. The number of nitrogens with zero attached hydrogens (tertiary/aromatic N) is 3. The Labute approximate surface area is 217 Å². The van der Waals surface area contributed by atoms with Crippen LogP contribution in [0.15, 0.2) is 24.3 Å². The number of ether oxygens (including phenoxy) is 2. The van der Waals surface area contributed by atoms with Crippen LogP contribution < -0.4 is 10.1 Å². The largest absolute Gasteiger partial charge is 0.496 e. The number of hydrogen-bond acceptors (Lipinski definition) is 5. The molecule has 1 aliphatic carbocycles. The first kappa shape index (κ1) is 22.0. The Balaban J connectivity index is 1.46. The number of rotatable bonds is 7. The summed E-state index contributed by atoms with van der Waals surface area (Å²) in [7, 11) is -2.71. The first-order valence-electron chi connectivity index (χ1n) is 14.0. The lowest BCUT2D eigenvalue weighted by atomic mass is 9.95. The Bertz CT molecular complexity index is 1270. The minimum Gasteiger partial charge on any atom is -0.496 e. The number of carbonyl (C=O) groups is 2. The van der Waals surface area contributed by atoms with Gasteiger partial charge in [0.25, 0.3) is 0 Å². The van der Waals surface area contributed by atoms with Gasteiger partial charge in [-0.15, -0.1) is 0 Å². The number of benzene rings is 1. The van der Waals surface area contributed by atoms with Gasteiger partial charge in [0.15, 0.2) is 0 Å². The summed E-state index contributed by atoms with van der Waals surface area (Å²) in [5.41, 5.74) is 0.322. The Morgan fingerprint density at radius 2 is 2.08 bits per heavy atom. The fraction of sp³-hybridized carbons (Fsp3) is 0.577. The van der Waals surface area contributed by atoms with E-state index in [1.54, 1.807) is 19.1 Å². The third-order valence-electron chi connectivity index (χ3n) is 7.39. The minimum absolute atomic E-state index is 0.0296. The number of methoxy groups -OCH3 is 1. The van der Waals surface area contributed by atoms with Crippen molar-refractivity contribution in [1.82, 2.24) is 20.0 Å². The van der Waals surface area contributed by atoms with E-state index in [1.807, 2.05) is 0 Å². The van der Waals surface area contributed by atoms with Crippen LogP contribution in [0.4, 0.5) is 13.2 Å². The summed E-state index contributed by atoms with van der Waals surface area (Å²) in [5, 5.41) is 7.08. The summed E-state index contributed by atoms with van der Waals surface area (Å²) in [4.78, 5) is 28.0. The van der Waals surface area contributed by atoms with Crippen LogP contribution in [-0.2, 0) is 27.0 Å². The molecule has 3 aliphatic rings. The van der Waals surface area contributed by atoms with Crippen molar-refractivity contribution in [3.63, 3.8) is 0 Å². The molecule has 2 amide bonds. The Morgan fingerprint density at radius 3 is 2.76 bits per heavy atom. The van der Waals surface area contributed by atoms with Crippen molar-refractivity contribution >= 4 is 11.8 Å². The third kappa shape index (κ3) is 5.18. The van der Waals surface area contributed by atoms with Crippen molar-refractivity contribution in [2.24, 2.45) is 0 Å². The molecule has 0 unspecified atom stereocenters. The minimum atomic E-state index is -4.68. The molecule has 5 rings (SSSR count). The zero-order valence-corrected chi connectivity index (χ0v) is 20.4. The second-order valence-electron chi connectivity index (χ2n) is 9.89. The van der Waals surface area contributed by atoms with Gasteiger partial charge < -0.3 is 19.7 Å². The van der Waals surface area contributed by atoms with Gasteiger partial charge in [0.1, 0.15) is 24.1 Å². The fourth-order valence-corrected chi connectivity index (χ4v) is 5.31. The fourth-order valence-electron chi connectivity index (χ4n) is 5.31. The van der Waals surface area contributed by atoms with Crippen molar-refractivity contribution < 1.29 is 36.3 Å². The molecule has 1 aromatic heterocycles. The maximum atomic E-state index is 13.8. The Kier molecular flexibility index (Phi) is 5.93. The molecule has 3 fully saturated rings. The van der Waals surface area contributed by atoms with Gasteiger partial charge in [-0.1, -0.05) is 12.1 Å². The predicted molar refractivity (Wildman–Crippen MR) is 127 cm³/mol. The molecule has 1 saturated carbocycles. The van der Waals surface area contributed by atoms with E-state index in [-0.39, 0.29) is 24.1 Å². The number of aromatic nitrogens is 2. The SMILES string of the molecule is [2H]C([2H])([2H])Oc1cccc([C@@H]2[C@H](NC(=O)[C@H]3CCCO3)CCN2C(=O)Cn2nc(C3CC3)cc2C(F)(F)F)c1C. The summed E-state index contributed by atoms with van der Waals surface area (Å²) in [6.07, 6.45) is -2.12. The van der Waals surface area contributed by atoms with Crippen LogP contribution in [0.2, 0.25) is 0 Å². The summed E-state index contributed by atoms with van der Waals surface area (Å²) in [5.74, 6) is -0.870. The van der Waals surface area contributed by atoms with E-state index >= 15 is 0 Å². The van der Waals surface area contributed by atoms with E-state index in [9.17, 15) is 22.8 Å². The van der Waals surface area contributed by atoms with E-state index in [1.165, 1.54) is 11.0 Å². The second-order valence-corrected chi connectivity index (χ2v) is 9.89. The molecule has 1 N–H and O–H groups in total. The van der Waals surface area contributed by atoms with Crippen LogP contribution in [0.5, 0.6) is 5.75 Å². The summed E-state index contributed by atoms with van der Waals surface area (Å²) in [6, 6.07) is 4.43. The van der Waals surface area contributed by atoms with Crippen molar-refractivity contribution in [3.8, 4) is 5.75 Å². The van der Waals surface area contributed by atoms with Crippen molar-refractivity contribution in [2.75, 3.05) is 20.2 Å². The molecule has 0 spiro atoms. The van der Waals surface area contributed by atoms with Crippen LogP contribution in [-0.4, -0.2) is 58.8 Å². The highest BCUT2D eigenvalue weighted by molar-refractivity contribution is 5.82. The van der Waals surface area contributed by atoms with Crippen LogP contribution in [0, 0.1) is 6.92 Å². The number of halogens is 3. The van der Waals surface area contributed by atoms with Gasteiger partial charge in [0.05, 0.1) is 28.9 Å². The summed E-state index contributed by atoms with van der Waals surface area (Å²) >= 11 is 0. The van der Waals surface area contributed by atoms with Crippen molar-refractivity contribution in [2.45, 2.75) is 75.9 Å². The molecule has 3 atom stereocenters. The van der Waals surface area contributed by atoms with Crippen LogP contribution >= 0.6 is 0 Å². The van der Waals surface area contributed by atoms with Crippen LogP contribution in [0.25, 0.3) is 0 Å². The number of carbonyl (C=O) groups excluding carboxylic acids is 2. The molecule has 200 valence electrons. The van der Waals surface area contributed by atoms with Crippen molar-refractivity contribution in [1.29, 1.82) is 0 Å². The molecule has 1 aromatic carbocycles. The lowest BCUT2D eigenvalue weighted by Gasteiger charge is -2.31. The van der Waals surface area contributed by atoms with Gasteiger partial charge in [0.2, 0.25) is 11.8 Å². The molecule has 8 nitrogen and oxygen atoms in total. The number of likely N-dealkylation sites (tertiary alicyclic amines) is 1. The average Bonchev–Trinajstić information content (AvgIpc) is 3.24. The smallest absolute Gasteiger partial charge is 0.433 e. The van der Waals surface area contributed by atoms with E-state index in [0.29, 0.717) is 41.0 Å². The molecule has 2 saturated heterocycles. The average molecular weight is 524 g/mol. The van der Waals surface area contributed by atoms with Gasteiger partial charge in [-0.25, -0.2) is 0 Å². The van der Waals surface area contributed by atoms with Crippen LogP contribution in [0.1, 0.15) is 70.7 Å². The Hall–Kier alpha value is -3.08. The van der Waals surface area contributed by atoms with E-state index in [4.69, 9.17) is 13.6 Å². The van der Waals surface area contributed by atoms with E-state index in [0.717, 1.165) is 25.3 Å². The number of alkyl halides is 3. The number of hydrogen-bond donors (Lipinski definition) is 1. The lowest BCUT2D eigenvalue weighted by Crippen LogP contribution is -2.45. The first-order valence-corrected chi connectivity index (χ1v) is 12.5. The highest BCUT2D eigenvalue weighted by Crippen LogP contribution is 2.42. The number of nitrogens with one attached hydrogen (secondary N) is 1. The van der Waals surface area contributed by atoms with Gasteiger partial charge in [-0.2, -0.15) is 18.3 Å². The Morgan fingerprint density at radius 1 is 1.27 bits per heavy atom. The monoisotopic (exact) mass is 523 g/mol. The zero-order valence-electron chi connectivity index (χ0n) is 23.4.